The molecule has 4 N–H and O–H groups in total. The summed E-state index contributed by atoms with van der Waals surface area (Å²) in [6, 6.07) is 7.12. The van der Waals surface area contributed by atoms with Crippen molar-refractivity contribution in [2.75, 3.05) is 23.9 Å². The summed E-state index contributed by atoms with van der Waals surface area (Å²) >= 11 is 0. The van der Waals surface area contributed by atoms with Crippen molar-refractivity contribution >= 4 is 22.5 Å². The van der Waals surface area contributed by atoms with Gasteiger partial charge in [-0.05, 0) is 31.0 Å². The first-order valence-electron chi connectivity index (χ1n) is 6.19. The number of nitrogens with two attached hydrogens (primary N) is 1. The highest BCUT2D eigenvalue weighted by atomic mass is 32.2. The molecule has 0 saturated heterocycles. The van der Waals surface area contributed by atoms with Crippen molar-refractivity contribution in [1.82, 2.24) is 5.32 Å². The average Bonchev–Trinajstić information content (AvgIpc) is 2.34. The third kappa shape index (κ3) is 6.35. The van der Waals surface area contributed by atoms with E-state index >= 15 is 0 Å². The summed E-state index contributed by atoms with van der Waals surface area (Å²) in [5.74, 6) is 0.598. The van der Waals surface area contributed by atoms with Crippen molar-refractivity contribution in [2.24, 2.45) is 5.73 Å². The fourth-order valence-corrected chi connectivity index (χ4v) is 2.10. The summed E-state index contributed by atoms with van der Waals surface area (Å²) in [5.41, 5.74) is 7.47. The van der Waals surface area contributed by atoms with Crippen LogP contribution >= 0.6 is 0 Å². The second-order valence-corrected chi connectivity index (χ2v) is 5.98. The number of hydrogen-bond donors (Lipinski definition) is 3. The molecule has 5 nitrogen and oxygen atoms in total. The topological polar surface area (TPSA) is 84.2 Å². The van der Waals surface area contributed by atoms with Crippen molar-refractivity contribution in [3.63, 3.8) is 0 Å². The Hall–Kier alpha value is -1.40. The molecule has 6 heteroatoms. The second-order valence-electron chi connectivity index (χ2n) is 4.43. The fourth-order valence-electron chi connectivity index (χ4n) is 1.55. The number of urea groups is 1. The number of amides is 2. The van der Waals surface area contributed by atoms with Crippen LogP contribution in [0.15, 0.2) is 24.3 Å². The molecule has 0 bridgehead atoms. The normalized spacial score (nSPS) is 13.6. The summed E-state index contributed by atoms with van der Waals surface area (Å²) in [5, 5.41) is 5.46. The van der Waals surface area contributed by atoms with Crippen molar-refractivity contribution < 1.29 is 9.00 Å². The lowest BCUT2D eigenvalue weighted by atomic mass is 10.1. The second kappa shape index (κ2) is 7.91. The Balaban J connectivity index is 2.39. The zero-order valence-corrected chi connectivity index (χ0v) is 12.1. The van der Waals surface area contributed by atoms with E-state index in [1.54, 1.807) is 6.26 Å². The van der Waals surface area contributed by atoms with E-state index in [9.17, 15) is 9.00 Å². The highest BCUT2D eigenvalue weighted by Crippen LogP contribution is 2.15. The number of anilines is 1. The maximum atomic E-state index is 11.6. The minimum absolute atomic E-state index is 0.0654. The summed E-state index contributed by atoms with van der Waals surface area (Å²) < 4.78 is 10.9. The summed E-state index contributed by atoms with van der Waals surface area (Å²) in [6.45, 7) is 2.41. The standard InChI is InChI=1S/C13H21N3O2S/c1-10(14)11-5-3-6-12(9-11)16-13(17)15-7-4-8-19(2)18/h3,5-6,9-10H,4,7-8,14H2,1-2H3,(H2,15,16,17). The van der Waals surface area contributed by atoms with E-state index in [1.807, 2.05) is 31.2 Å². The molecule has 2 atom stereocenters. The van der Waals surface area contributed by atoms with Crippen LogP contribution in [0.25, 0.3) is 0 Å². The van der Waals surface area contributed by atoms with Gasteiger partial charge >= 0.3 is 6.03 Å². The van der Waals surface area contributed by atoms with Crippen LogP contribution in [-0.4, -0.2) is 28.8 Å². The van der Waals surface area contributed by atoms with Crippen LogP contribution in [0.2, 0.25) is 0 Å². The maximum Gasteiger partial charge on any atom is 0.319 e. The molecule has 0 radical (unpaired) electrons. The number of nitrogens with one attached hydrogen (secondary N) is 2. The molecule has 0 aromatic heterocycles. The van der Waals surface area contributed by atoms with E-state index in [-0.39, 0.29) is 12.1 Å². The Labute approximate surface area is 116 Å². The zero-order valence-electron chi connectivity index (χ0n) is 11.3. The van der Waals surface area contributed by atoms with Crippen molar-refractivity contribution in [1.29, 1.82) is 0 Å². The maximum absolute atomic E-state index is 11.6. The van der Waals surface area contributed by atoms with Gasteiger partial charge in [0, 0.05) is 41.1 Å². The van der Waals surface area contributed by atoms with Gasteiger partial charge in [0.05, 0.1) is 0 Å². The SMILES string of the molecule is CC(N)c1cccc(NC(=O)NCCCS(C)=O)c1. The summed E-state index contributed by atoms with van der Waals surface area (Å²) in [7, 11) is -0.812. The molecule has 1 aromatic rings. The molecular formula is C13H21N3O2S. The molecule has 0 aliphatic rings. The first kappa shape index (κ1) is 15.7. The monoisotopic (exact) mass is 283 g/mol. The van der Waals surface area contributed by atoms with Crippen LogP contribution < -0.4 is 16.4 Å². The Morgan fingerprint density at radius 1 is 1.47 bits per heavy atom. The molecule has 0 saturated carbocycles. The minimum Gasteiger partial charge on any atom is -0.338 e. The van der Waals surface area contributed by atoms with Gasteiger partial charge in [0.15, 0.2) is 0 Å². The predicted molar refractivity (Wildman–Crippen MR) is 79.6 cm³/mol. The lowest BCUT2D eigenvalue weighted by molar-refractivity contribution is 0.252. The van der Waals surface area contributed by atoms with Gasteiger partial charge in [-0.1, -0.05) is 12.1 Å². The van der Waals surface area contributed by atoms with Gasteiger partial charge in [-0.25, -0.2) is 4.79 Å². The molecule has 0 fully saturated rings. The third-order valence-electron chi connectivity index (χ3n) is 2.56. The van der Waals surface area contributed by atoms with Crippen molar-refractivity contribution in [3.8, 4) is 0 Å². The molecule has 1 rings (SSSR count). The van der Waals surface area contributed by atoms with Crippen LogP contribution in [0.1, 0.15) is 24.9 Å². The molecular weight excluding hydrogens is 262 g/mol. The van der Waals surface area contributed by atoms with Gasteiger partial charge in [0.1, 0.15) is 0 Å². The van der Waals surface area contributed by atoms with E-state index in [1.165, 1.54) is 0 Å². The van der Waals surface area contributed by atoms with Crippen molar-refractivity contribution in [3.05, 3.63) is 29.8 Å². The van der Waals surface area contributed by atoms with Crippen molar-refractivity contribution in [2.45, 2.75) is 19.4 Å². The van der Waals surface area contributed by atoms with E-state index in [2.05, 4.69) is 10.6 Å². The Morgan fingerprint density at radius 3 is 2.84 bits per heavy atom. The van der Waals surface area contributed by atoms with E-state index < -0.39 is 10.8 Å². The Bertz CT molecular complexity index is 449. The smallest absolute Gasteiger partial charge is 0.319 e. The first-order valence-corrected chi connectivity index (χ1v) is 7.92. The molecule has 106 valence electrons. The number of hydrogen-bond acceptors (Lipinski definition) is 3. The van der Waals surface area contributed by atoms with Gasteiger partial charge in [-0.2, -0.15) is 0 Å². The summed E-state index contributed by atoms with van der Waals surface area (Å²) in [6.07, 6.45) is 2.36. The van der Waals surface area contributed by atoms with Gasteiger partial charge in [-0.3, -0.25) is 4.21 Å². The minimum atomic E-state index is -0.812. The van der Waals surface area contributed by atoms with Gasteiger partial charge in [0.2, 0.25) is 0 Å². The number of carbonyl (C=O) groups is 1. The molecule has 1 aromatic carbocycles. The van der Waals surface area contributed by atoms with E-state index in [0.29, 0.717) is 24.4 Å². The lowest BCUT2D eigenvalue weighted by Crippen LogP contribution is -2.30. The molecule has 2 amide bonds. The molecule has 2 unspecified atom stereocenters. The predicted octanol–water partition coefficient (Wildman–Crippen LogP) is 1.60. The molecule has 0 spiro atoms. The number of rotatable bonds is 6. The van der Waals surface area contributed by atoms with Gasteiger partial charge in [0.25, 0.3) is 0 Å². The number of carbonyl (C=O) groups excluding carboxylic acids is 1. The van der Waals surface area contributed by atoms with Gasteiger partial charge in [-0.15, -0.1) is 0 Å². The average molecular weight is 283 g/mol. The fraction of sp³-hybridized carbons (Fsp3) is 0.462. The van der Waals surface area contributed by atoms with E-state index in [0.717, 1.165) is 5.56 Å². The zero-order chi connectivity index (χ0) is 14.3. The molecule has 19 heavy (non-hydrogen) atoms. The molecule has 0 aliphatic carbocycles. The highest BCUT2D eigenvalue weighted by molar-refractivity contribution is 7.84. The molecule has 0 heterocycles. The Morgan fingerprint density at radius 2 is 2.21 bits per heavy atom. The third-order valence-corrected chi connectivity index (χ3v) is 3.43. The van der Waals surface area contributed by atoms with Gasteiger partial charge < -0.3 is 16.4 Å². The molecule has 0 aliphatic heterocycles. The van der Waals surface area contributed by atoms with Crippen LogP contribution in [0.4, 0.5) is 10.5 Å². The van der Waals surface area contributed by atoms with Crippen LogP contribution in [0.3, 0.4) is 0 Å². The van der Waals surface area contributed by atoms with E-state index in [4.69, 9.17) is 5.73 Å². The summed E-state index contributed by atoms with van der Waals surface area (Å²) in [4.78, 5) is 11.6. The largest absolute Gasteiger partial charge is 0.338 e. The Kier molecular flexibility index (Phi) is 6.52. The lowest BCUT2D eigenvalue weighted by Gasteiger charge is -2.10. The first-order chi connectivity index (χ1) is 8.99. The highest BCUT2D eigenvalue weighted by Gasteiger charge is 2.04. The number of benzene rings is 1. The van der Waals surface area contributed by atoms with Crippen LogP contribution in [0, 0.1) is 0 Å². The van der Waals surface area contributed by atoms with Crippen LogP contribution in [-0.2, 0) is 10.8 Å². The van der Waals surface area contributed by atoms with Crippen LogP contribution in [0.5, 0.6) is 0 Å². The quantitative estimate of drug-likeness (QED) is 0.693.